The Morgan fingerprint density at radius 3 is 2.71 bits per heavy atom. The SMILES string of the molecule is C=C(NCc1ccc(C#N)cc1)c1cc(C(=C)C)n2ccnc2n1. The van der Waals surface area contributed by atoms with E-state index in [1.807, 2.05) is 35.7 Å². The van der Waals surface area contributed by atoms with E-state index in [1.54, 1.807) is 18.3 Å². The number of benzene rings is 1. The third-order valence-electron chi connectivity index (χ3n) is 3.71. The van der Waals surface area contributed by atoms with Gasteiger partial charge in [0.15, 0.2) is 0 Å². The minimum Gasteiger partial charge on any atom is -0.380 e. The molecule has 118 valence electrons. The first-order valence-corrected chi connectivity index (χ1v) is 7.50. The summed E-state index contributed by atoms with van der Waals surface area (Å²) in [5.74, 6) is 0.617. The average molecular weight is 315 g/mol. The number of hydrogen-bond acceptors (Lipinski definition) is 4. The normalized spacial score (nSPS) is 10.3. The van der Waals surface area contributed by atoms with E-state index in [0.717, 1.165) is 22.5 Å². The molecule has 0 atom stereocenters. The quantitative estimate of drug-likeness (QED) is 0.783. The fourth-order valence-corrected chi connectivity index (χ4v) is 2.39. The lowest BCUT2D eigenvalue weighted by atomic mass is 10.1. The van der Waals surface area contributed by atoms with Crippen molar-refractivity contribution in [1.82, 2.24) is 19.7 Å². The lowest BCUT2D eigenvalue weighted by molar-refractivity contribution is 0.882. The van der Waals surface area contributed by atoms with Crippen molar-refractivity contribution in [1.29, 1.82) is 5.26 Å². The molecule has 5 heteroatoms. The highest BCUT2D eigenvalue weighted by molar-refractivity contribution is 5.67. The molecule has 0 saturated carbocycles. The van der Waals surface area contributed by atoms with Gasteiger partial charge in [-0.25, -0.2) is 9.97 Å². The molecular formula is C19H17N5. The number of imidazole rings is 1. The van der Waals surface area contributed by atoms with E-state index in [-0.39, 0.29) is 0 Å². The Balaban J connectivity index is 1.80. The van der Waals surface area contributed by atoms with E-state index in [9.17, 15) is 0 Å². The topological polar surface area (TPSA) is 66.0 Å². The van der Waals surface area contributed by atoms with Gasteiger partial charge >= 0.3 is 0 Å². The third-order valence-corrected chi connectivity index (χ3v) is 3.71. The molecule has 3 aromatic rings. The minimum atomic E-state index is 0.605. The van der Waals surface area contributed by atoms with Gasteiger partial charge in [-0.2, -0.15) is 5.26 Å². The van der Waals surface area contributed by atoms with Crippen molar-refractivity contribution in [2.24, 2.45) is 0 Å². The molecule has 0 unspecified atom stereocenters. The number of nitriles is 1. The van der Waals surface area contributed by atoms with Gasteiger partial charge in [-0.05, 0) is 36.3 Å². The zero-order valence-corrected chi connectivity index (χ0v) is 13.5. The number of rotatable bonds is 5. The summed E-state index contributed by atoms with van der Waals surface area (Å²) >= 11 is 0. The van der Waals surface area contributed by atoms with Crippen LogP contribution in [0.4, 0.5) is 0 Å². The molecule has 0 saturated heterocycles. The zero-order chi connectivity index (χ0) is 17.1. The van der Waals surface area contributed by atoms with Crippen LogP contribution in [-0.2, 0) is 6.54 Å². The highest BCUT2D eigenvalue weighted by atomic mass is 15.1. The third kappa shape index (κ3) is 3.03. The van der Waals surface area contributed by atoms with Crippen LogP contribution >= 0.6 is 0 Å². The molecule has 0 aliphatic rings. The highest BCUT2D eigenvalue weighted by Crippen LogP contribution is 2.18. The van der Waals surface area contributed by atoms with E-state index in [2.05, 4.69) is 34.5 Å². The Hall–Kier alpha value is -3.39. The molecule has 2 heterocycles. The Labute approximate surface area is 140 Å². The van der Waals surface area contributed by atoms with Gasteiger partial charge in [-0.1, -0.05) is 25.3 Å². The predicted molar refractivity (Wildman–Crippen MR) is 94.7 cm³/mol. The van der Waals surface area contributed by atoms with Crippen molar-refractivity contribution < 1.29 is 0 Å². The molecule has 2 aromatic heterocycles. The number of nitrogens with zero attached hydrogens (tertiary/aromatic N) is 4. The van der Waals surface area contributed by atoms with Gasteiger partial charge in [0, 0.05) is 18.9 Å². The van der Waals surface area contributed by atoms with Crippen LogP contribution in [0.2, 0.25) is 0 Å². The standard InChI is InChI=1S/C19H17N5/c1-13(2)18-10-17(23-19-21-8-9-24(18)19)14(3)22-12-16-6-4-15(11-20)5-7-16/h4-10,22H,1,3,12H2,2H3. The summed E-state index contributed by atoms with van der Waals surface area (Å²) < 4.78 is 1.90. The van der Waals surface area contributed by atoms with E-state index in [1.165, 1.54) is 0 Å². The molecule has 1 aromatic carbocycles. The van der Waals surface area contributed by atoms with E-state index in [0.29, 0.717) is 23.6 Å². The van der Waals surface area contributed by atoms with E-state index >= 15 is 0 Å². The molecule has 3 rings (SSSR count). The maximum Gasteiger partial charge on any atom is 0.234 e. The van der Waals surface area contributed by atoms with Crippen molar-refractivity contribution in [3.8, 4) is 6.07 Å². The number of nitrogens with one attached hydrogen (secondary N) is 1. The summed E-state index contributed by atoms with van der Waals surface area (Å²) in [6.45, 7) is 10.6. The largest absolute Gasteiger partial charge is 0.380 e. The highest BCUT2D eigenvalue weighted by Gasteiger charge is 2.09. The van der Waals surface area contributed by atoms with E-state index in [4.69, 9.17) is 5.26 Å². The lowest BCUT2D eigenvalue weighted by Gasteiger charge is -2.12. The van der Waals surface area contributed by atoms with Gasteiger partial charge < -0.3 is 5.32 Å². The van der Waals surface area contributed by atoms with Crippen LogP contribution in [0.3, 0.4) is 0 Å². The van der Waals surface area contributed by atoms with Crippen molar-refractivity contribution in [2.45, 2.75) is 13.5 Å². The van der Waals surface area contributed by atoms with Crippen LogP contribution in [0.1, 0.15) is 29.4 Å². The molecule has 0 fully saturated rings. The van der Waals surface area contributed by atoms with Gasteiger partial charge in [-0.3, -0.25) is 4.40 Å². The molecule has 1 N–H and O–H groups in total. The van der Waals surface area contributed by atoms with Gasteiger partial charge in [0.05, 0.1) is 28.7 Å². The monoisotopic (exact) mass is 315 g/mol. The second-order valence-electron chi connectivity index (χ2n) is 5.55. The smallest absolute Gasteiger partial charge is 0.234 e. The van der Waals surface area contributed by atoms with Crippen LogP contribution < -0.4 is 5.32 Å². The van der Waals surface area contributed by atoms with Crippen LogP contribution in [-0.4, -0.2) is 14.4 Å². The molecule has 0 aliphatic heterocycles. The molecule has 5 nitrogen and oxygen atoms in total. The fourth-order valence-electron chi connectivity index (χ4n) is 2.39. The molecule has 0 bridgehead atoms. The van der Waals surface area contributed by atoms with Crippen molar-refractivity contribution in [3.05, 3.63) is 78.4 Å². The maximum atomic E-state index is 8.83. The summed E-state index contributed by atoms with van der Waals surface area (Å²) in [6, 6.07) is 11.5. The van der Waals surface area contributed by atoms with Gasteiger partial charge in [0.2, 0.25) is 5.78 Å². The molecule has 0 radical (unpaired) electrons. The number of hydrogen-bond donors (Lipinski definition) is 1. The Kier molecular flexibility index (Phi) is 4.13. The van der Waals surface area contributed by atoms with Crippen molar-refractivity contribution >= 4 is 17.0 Å². The van der Waals surface area contributed by atoms with Crippen LogP contribution in [0.15, 0.2) is 55.9 Å². The Morgan fingerprint density at radius 1 is 1.29 bits per heavy atom. The fraction of sp³-hybridized carbons (Fsp3) is 0.105. The summed E-state index contributed by atoms with van der Waals surface area (Å²) in [4.78, 5) is 8.78. The second kappa shape index (κ2) is 6.39. The molecule has 0 amide bonds. The van der Waals surface area contributed by atoms with Gasteiger partial charge in [0.1, 0.15) is 0 Å². The van der Waals surface area contributed by atoms with E-state index < -0.39 is 0 Å². The summed E-state index contributed by atoms with van der Waals surface area (Å²) in [7, 11) is 0. The summed E-state index contributed by atoms with van der Waals surface area (Å²) in [5.41, 5.74) is 5.05. The summed E-state index contributed by atoms with van der Waals surface area (Å²) in [6.07, 6.45) is 3.58. The predicted octanol–water partition coefficient (Wildman–Crippen LogP) is 3.39. The lowest BCUT2D eigenvalue weighted by Crippen LogP contribution is -2.13. The van der Waals surface area contributed by atoms with Crippen LogP contribution in [0, 0.1) is 11.3 Å². The second-order valence-corrected chi connectivity index (χ2v) is 5.55. The summed E-state index contributed by atoms with van der Waals surface area (Å²) in [5, 5.41) is 12.1. The van der Waals surface area contributed by atoms with Gasteiger partial charge in [-0.15, -0.1) is 0 Å². The Morgan fingerprint density at radius 2 is 2.04 bits per heavy atom. The molecule has 24 heavy (non-hydrogen) atoms. The average Bonchev–Trinajstić information content (AvgIpc) is 3.07. The Bertz CT molecular complexity index is 958. The minimum absolute atomic E-state index is 0.605. The maximum absolute atomic E-state index is 8.83. The van der Waals surface area contributed by atoms with Crippen LogP contribution in [0.25, 0.3) is 17.0 Å². The first kappa shape index (κ1) is 15.5. The van der Waals surface area contributed by atoms with Crippen molar-refractivity contribution in [2.75, 3.05) is 0 Å². The zero-order valence-electron chi connectivity index (χ0n) is 13.5. The molecule has 0 aliphatic carbocycles. The number of fused-ring (bicyclic) bond motifs is 1. The first-order valence-electron chi connectivity index (χ1n) is 7.50. The van der Waals surface area contributed by atoms with Crippen molar-refractivity contribution in [3.63, 3.8) is 0 Å². The van der Waals surface area contributed by atoms with Gasteiger partial charge in [0.25, 0.3) is 0 Å². The number of allylic oxidation sites excluding steroid dienone is 1. The van der Waals surface area contributed by atoms with Crippen LogP contribution in [0.5, 0.6) is 0 Å². The number of aromatic nitrogens is 3. The first-order chi connectivity index (χ1) is 11.6. The molecule has 0 spiro atoms. The molecular weight excluding hydrogens is 298 g/mol.